The molecule has 0 spiro atoms. The molecule has 0 saturated carbocycles. The Morgan fingerprint density at radius 1 is 0.977 bits per heavy atom. The fourth-order valence-electron chi connectivity index (χ4n) is 6.18. The average molecular weight is 586 g/mol. The maximum Gasteiger partial charge on any atom is 0.325 e. The summed E-state index contributed by atoms with van der Waals surface area (Å²) in [5.41, 5.74) is 9.85. The molecule has 2 N–H and O–H groups in total. The van der Waals surface area contributed by atoms with E-state index in [0.717, 1.165) is 58.5 Å². The van der Waals surface area contributed by atoms with Gasteiger partial charge >= 0.3 is 6.03 Å². The number of amides is 2. The van der Waals surface area contributed by atoms with Crippen LogP contribution in [0.2, 0.25) is 0 Å². The summed E-state index contributed by atoms with van der Waals surface area (Å²) in [5, 5.41) is 6.92. The van der Waals surface area contributed by atoms with E-state index in [-0.39, 0.29) is 5.41 Å². The second-order valence-corrected chi connectivity index (χ2v) is 12.5. The number of allylic oxidation sites excluding steroid dienone is 1. The molecule has 0 aliphatic heterocycles. The maximum atomic E-state index is 13.4. The summed E-state index contributed by atoms with van der Waals surface area (Å²) in [7, 11) is 2.11. The lowest BCUT2D eigenvalue weighted by Crippen LogP contribution is -2.44. The van der Waals surface area contributed by atoms with Crippen molar-refractivity contribution in [3.05, 3.63) is 114 Å². The van der Waals surface area contributed by atoms with Crippen LogP contribution in [0.1, 0.15) is 57.0 Å². The Balaban J connectivity index is 1.57. The number of primary amides is 1. The predicted molar refractivity (Wildman–Crippen MR) is 178 cm³/mol. The van der Waals surface area contributed by atoms with E-state index in [0.29, 0.717) is 11.5 Å². The van der Waals surface area contributed by atoms with Crippen LogP contribution < -0.4 is 15.5 Å². The van der Waals surface area contributed by atoms with Crippen molar-refractivity contribution in [1.29, 1.82) is 0 Å². The highest BCUT2D eigenvalue weighted by Gasteiger charge is 2.38. The summed E-state index contributed by atoms with van der Waals surface area (Å²) in [6.07, 6.45) is 11.2. The molecule has 0 fully saturated rings. The number of aryl methyl sites for hydroxylation is 1. The summed E-state index contributed by atoms with van der Waals surface area (Å²) >= 11 is 0. The lowest BCUT2D eigenvalue weighted by atomic mass is 9.77. The number of pyridine rings is 2. The van der Waals surface area contributed by atoms with Crippen LogP contribution in [0.15, 0.2) is 97.3 Å². The van der Waals surface area contributed by atoms with E-state index in [4.69, 9.17) is 10.8 Å². The highest BCUT2D eigenvalue weighted by Crippen LogP contribution is 2.45. The number of nitrogens with zero attached hydrogens (tertiary/aromatic N) is 6. The van der Waals surface area contributed by atoms with Crippen LogP contribution in [0.5, 0.6) is 0 Å². The van der Waals surface area contributed by atoms with E-state index in [9.17, 15) is 4.79 Å². The molecule has 2 amide bonds. The summed E-state index contributed by atoms with van der Waals surface area (Å²) in [6.45, 7) is 8.25. The third kappa shape index (κ3) is 5.10. The Labute approximate surface area is 258 Å². The zero-order valence-corrected chi connectivity index (χ0v) is 26.0. The number of aromatic nitrogens is 4. The zero-order chi connectivity index (χ0) is 31.1. The molecule has 0 bridgehead atoms. The van der Waals surface area contributed by atoms with Gasteiger partial charge in [-0.15, -0.1) is 0 Å². The highest BCUT2D eigenvalue weighted by molar-refractivity contribution is 6.08. The summed E-state index contributed by atoms with van der Waals surface area (Å²) in [6, 6.07) is 23.6. The van der Waals surface area contributed by atoms with Gasteiger partial charge in [0.15, 0.2) is 0 Å². The lowest BCUT2D eigenvalue weighted by molar-refractivity contribution is 0.256. The van der Waals surface area contributed by atoms with E-state index in [2.05, 4.69) is 73.0 Å². The Kier molecular flexibility index (Phi) is 7.45. The van der Waals surface area contributed by atoms with Crippen LogP contribution in [0.3, 0.4) is 0 Å². The first-order valence-corrected chi connectivity index (χ1v) is 15.1. The minimum Gasteiger partial charge on any atom is -0.351 e. The molecule has 44 heavy (non-hydrogen) atoms. The number of urea groups is 1. The van der Waals surface area contributed by atoms with Gasteiger partial charge in [-0.2, -0.15) is 5.10 Å². The van der Waals surface area contributed by atoms with Gasteiger partial charge in [0.25, 0.3) is 0 Å². The molecule has 8 heteroatoms. The van der Waals surface area contributed by atoms with Crippen molar-refractivity contribution in [2.24, 2.45) is 5.73 Å². The van der Waals surface area contributed by atoms with Gasteiger partial charge in [-0.1, -0.05) is 69.3 Å². The number of likely N-dealkylation sites (N-methyl/N-ethyl adjacent to an activating group) is 1. The number of benzene rings is 2. The monoisotopic (exact) mass is 585 g/mol. The molecule has 5 aromatic rings. The highest BCUT2D eigenvalue weighted by atomic mass is 16.2. The maximum absolute atomic E-state index is 13.4. The Morgan fingerprint density at radius 2 is 1.75 bits per heavy atom. The Bertz CT molecular complexity index is 1840. The largest absolute Gasteiger partial charge is 0.351 e. The van der Waals surface area contributed by atoms with Gasteiger partial charge in [0, 0.05) is 35.8 Å². The SMILES string of the molecule is Cc1ccc(-n2nc(C(C)(C)C)cc2N(C(N)=O)c2ccc(C3(N(C)c4ccccn4)C=CCCC3)c3ccccc23)cn1. The third-order valence-electron chi connectivity index (χ3n) is 8.57. The number of carbonyl (C=O) groups is 1. The number of nitrogens with two attached hydrogens (primary N) is 1. The second kappa shape index (κ2) is 11.3. The normalized spacial score (nSPS) is 16.7. The van der Waals surface area contributed by atoms with E-state index >= 15 is 0 Å². The average Bonchev–Trinajstić information content (AvgIpc) is 3.47. The van der Waals surface area contributed by atoms with Crippen LogP contribution in [-0.4, -0.2) is 32.8 Å². The summed E-state index contributed by atoms with van der Waals surface area (Å²) in [4.78, 5) is 26.5. The molecule has 1 atom stereocenters. The molecule has 1 aliphatic rings. The van der Waals surface area contributed by atoms with Gasteiger partial charge in [0.05, 0.1) is 28.8 Å². The van der Waals surface area contributed by atoms with Gasteiger partial charge in [0.2, 0.25) is 0 Å². The molecular weight excluding hydrogens is 546 g/mol. The predicted octanol–water partition coefficient (Wildman–Crippen LogP) is 7.71. The third-order valence-corrected chi connectivity index (χ3v) is 8.57. The van der Waals surface area contributed by atoms with Crippen molar-refractivity contribution >= 4 is 34.1 Å². The Hall–Kier alpha value is -4.98. The molecule has 0 saturated heterocycles. The quantitative estimate of drug-likeness (QED) is 0.206. The van der Waals surface area contributed by atoms with E-state index in [1.807, 2.05) is 67.7 Å². The number of anilines is 3. The van der Waals surface area contributed by atoms with Crippen molar-refractivity contribution in [1.82, 2.24) is 19.7 Å². The van der Waals surface area contributed by atoms with Crippen molar-refractivity contribution in [2.45, 2.75) is 57.9 Å². The van der Waals surface area contributed by atoms with E-state index in [1.165, 1.54) is 0 Å². The molecule has 6 rings (SSSR count). The van der Waals surface area contributed by atoms with Crippen LogP contribution in [0, 0.1) is 6.92 Å². The van der Waals surface area contributed by atoms with Crippen LogP contribution in [0.4, 0.5) is 22.1 Å². The van der Waals surface area contributed by atoms with Gasteiger partial charge in [-0.25, -0.2) is 19.4 Å². The fraction of sp³-hybridized carbons (Fsp3) is 0.278. The zero-order valence-electron chi connectivity index (χ0n) is 26.0. The van der Waals surface area contributed by atoms with E-state index in [1.54, 1.807) is 15.8 Å². The summed E-state index contributed by atoms with van der Waals surface area (Å²) < 4.78 is 1.76. The molecule has 1 unspecified atom stereocenters. The van der Waals surface area contributed by atoms with Crippen LogP contribution in [0.25, 0.3) is 16.5 Å². The number of rotatable bonds is 6. The van der Waals surface area contributed by atoms with Crippen LogP contribution in [-0.2, 0) is 11.0 Å². The van der Waals surface area contributed by atoms with Gasteiger partial charge < -0.3 is 10.6 Å². The number of hydrogen-bond acceptors (Lipinski definition) is 5. The van der Waals surface area contributed by atoms with Crippen molar-refractivity contribution in [3.63, 3.8) is 0 Å². The standard InChI is InChI=1S/C36H39N7O/c1-25-16-17-26(24-39-25)43-33(23-31(40-43)35(2,3)4)42(34(37)44)30-19-18-29(27-13-7-8-14-28(27)30)36(20-10-6-11-21-36)41(5)32-15-9-12-22-38-32/h7-10,12-20,22-24H,6,11,21H2,1-5H3,(H2,37,44). The minimum atomic E-state index is -0.595. The second-order valence-electron chi connectivity index (χ2n) is 12.5. The number of carbonyl (C=O) groups excluding carboxylic acids is 1. The van der Waals surface area contributed by atoms with Crippen molar-refractivity contribution < 1.29 is 4.79 Å². The molecular formula is C36H39N7O. The van der Waals surface area contributed by atoms with Crippen LogP contribution >= 0.6 is 0 Å². The molecule has 8 nitrogen and oxygen atoms in total. The van der Waals surface area contributed by atoms with Gasteiger partial charge in [-0.05, 0) is 67.5 Å². The number of hydrogen-bond donors (Lipinski definition) is 1. The van der Waals surface area contributed by atoms with Gasteiger partial charge in [-0.3, -0.25) is 4.98 Å². The first-order valence-electron chi connectivity index (χ1n) is 15.1. The molecule has 2 aromatic carbocycles. The first kappa shape index (κ1) is 29.1. The number of fused-ring (bicyclic) bond motifs is 1. The lowest BCUT2D eigenvalue weighted by Gasteiger charge is -2.43. The molecule has 1 aliphatic carbocycles. The molecule has 3 aromatic heterocycles. The minimum absolute atomic E-state index is 0.261. The Morgan fingerprint density at radius 3 is 2.39 bits per heavy atom. The van der Waals surface area contributed by atoms with Gasteiger partial charge in [0.1, 0.15) is 11.6 Å². The summed E-state index contributed by atoms with van der Waals surface area (Å²) in [5.74, 6) is 1.46. The first-order chi connectivity index (χ1) is 21.1. The molecule has 224 valence electrons. The van der Waals surface area contributed by atoms with Crippen molar-refractivity contribution in [3.8, 4) is 5.69 Å². The molecule has 3 heterocycles. The topological polar surface area (TPSA) is 93.2 Å². The van der Waals surface area contributed by atoms with E-state index < -0.39 is 11.6 Å². The smallest absolute Gasteiger partial charge is 0.325 e. The van der Waals surface area contributed by atoms with Crippen molar-refractivity contribution in [2.75, 3.05) is 16.8 Å². The molecule has 0 radical (unpaired) electrons. The fourth-order valence-corrected chi connectivity index (χ4v) is 6.18.